The van der Waals surface area contributed by atoms with Crippen LogP contribution in [0.5, 0.6) is 0 Å². The van der Waals surface area contributed by atoms with Crippen molar-refractivity contribution in [3.05, 3.63) is 301 Å². The summed E-state index contributed by atoms with van der Waals surface area (Å²) in [6, 6.07) is 104. The van der Waals surface area contributed by atoms with Crippen LogP contribution in [0.25, 0.3) is 121 Å². The van der Waals surface area contributed by atoms with Crippen molar-refractivity contribution in [2.75, 3.05) is 0 Å². The maximum absolute atomic E-state index is 2.54. The Morgan fingerprint density at radius 2 is 0.494 bits per heavy atom. The molecule has 16 aromatic rings. The predicted octanol–water partition coefficient (Wildman–Crippen LogP) is 18.4. The molecular formula is C73H46N4. The predicted molar refractivity (Wildman–Crippen MR) is 321 cm³/mol. The molecule has 1 aliphatic carbocycles. The standard InChI is InChI=1S/C73H46N4/c1-5-21-49(22-6-1)74-65-35-19-15-31-55(65)57-39-41-59-61-45-47(37-43-67(61)76(71(59)69(57)74)51-25-9-3-10-26-51)73(63-33-17-13-29-53(63)54-30-14-18-34-64(54)73)48-38-44-68-62(46-48)60-42-40-58-56-32-16-20-36-66(56)75(50-23-7-2-8-24-50)70(58)72(60)77(68)52-27-11-4-12-28-52/h1-46H. The molecule has 0 saturated heterocycles. The molecular weight excluding hydrogens is 933 g/mol. The van der Waals surface area contributed by atoms with E-state index in [9.17, 15) is 0 Å². The molecule has 0 spiro atoms. The van der Waals surface area contributed by atoms with E-state index < -0.39 is 5.41 Å². The lowest BCUT2D eigenvalue weighted by Gasteiger charge is -2.34. The number of hydrogen-bond donors (Lipinski definition) is 0. The van der Waals surface area contributed by atoms with Gasteiger partial charge in [-0.05, 0) is 118 Å². The fourth-order valence-electron chi connectivity index (χ4n) is 14.0. The highest BCUT2D eigenvalue weighted by atomic mass is 15.1. The van der Waals surface area contributed by atoms with Crippen LogP contribution in [0.1, 0.15) is 22.3 Å². The van der Waals surface area contributed by atoms with Crippen molar-refractivity contribution in [1.82, 2.24) is 18.3 Å². The minimum Gasteiger partial charge on any atom is -0.307 e. The third-order valence-electron chi connectivity index (χ3n) is 17.0. The van der Waals surface area contributed by atoms with Gasteiger partial charge in [0.2, 0.25) is 0 Å². The lowest BCUT2D eigenvalue weighted by Crippen LogP contribution is -2.28. The molecule has 0 radical (unpaired) electrons. The third-order valence-corrected chi connectivity index (χ3v) is 17.0. The van der Waals surface area contributed by atoms with Gasteiger partial charge in [0.1, 0.15) is 0 Å². The molecule has 0 amide bonds. The Bertz CT molecular complexity index is 4750. The summed E-state index contributed by atoms with van der Waals surface area (Å²) < 4.78 is 9.98. The molecule has 0 atom stereocenters. The van der Waals surface area contributed by atoms with Gasteiger partial charge in [0.05, 0.1) is 49.5 Å². The maximum Gasteiger partial charge on any atom is 0.0788 e. The van der Waals surface area contributed by atoms with E-state index in [-0.39, 0.29) is 0 Å². The second kappa shape index (κ2) is 15.9. The monoisotopic (exact) mass is 978 g/mol. The highest BCUT2D eigenvalue weighted by molar-refractivity contribution is 6.25. The van der Waals surface area contributed by atoms with Gasteiger partial charge in [-0.3, -0.25) is 0 Å². The summed E-state index contributed by atoms with van der Waals surface area (Å²) in [5, 5.41) is 9.80. The van der Waals surface area contributed by atoms with Crippen molar-refractivity contribution in [1.29, 1.82) is 0 Å². The molecule has 0 N–H and O–H groups in total. The zero-order valence-electron chi connectivity index (χ0n) is 41.8. The third kappa shape index (κ3) is 5.65. The van der Waals surface area contributed by atoms with Gasteiger partial charge in [0, 0.05) is 65.8 Å². The maximum atomic E-state index is 2.54. The molecule has 4 heteroatoms. The van der Waals surface area contributed by atoms with Crippen LogP contribution >= 0.6 is 0 Å². The van der Waals surface area contributed by atoms with E-state index >= 15 is 0 Å². The van der Waals surface area contributed by atoms with Crippen molar-refractivity contribution < 1.29 is 0 Å². The normalized spacial score (nSPS) is 13.0. The van der Waals surface area contributed by atoms with Crippen LogP contribution in [0.15, 0.2) is 279 Å². The molecule has 4 aromatic heterocycles. The van der Waals surface area contributed by atoms with Crippen LogP contribution in [-0.4, -0.2) is 18.3 Å². The van der Waals surface area contributed by atoms with Crippen LogP contribution in [0.4, 0.5) is 0 Å². The van der Waals surface area contributed by atoms with E-state index in [0.29, 0.717) is 0 Å². The molecule has 12 aromatic carbocycles. The van der Waals surface area contributed by atoms with Crippen molar-refractivity contribution >= 4 is 87.2 Å². The van der Waals surface area contributed by atoms with Crippen LogP contribution < -0.4 is 0 Å². The molecule has 0 bridgehead atoms. The Labute approximate surface area is 443 Å². The Morgan fingerprint density at radius 1 is 0.208 bits per heavy atom. The summed E-state index contributed by atoms with van der Waals surface area (Å²) in [7, 11) is 0. The lowest BCUT2D eigenvalue weighted by molar-refractivity contribution is 0.771. The van der Waals surface area contributed by atoms with E-state index in [2.05, 4.69) is 297 Å². The average molecular weight is 979 g/mol. The first kappa shape index (κ1) is 42.2. The highest BCUT2D eigenvalue weighted by Gasteiger charge is 2.46. The summed E-state index contributed by atoms with van der Waals surface area (Å²) in [5.74, 6) is 0. The van der Waals surface area contributed by atoms with E-state index in [1.54, 1.807) is 0 Å². The zero-order valence-corrected chi connectivity index (χ0v) is 41.8. The van der Waals surface area contributed by atoms with Crippen LogP contribution in [-0.2, 0) is 5.41 Å². The van der Waals surface area contributed by atoms with Gasteiger partial charge in [0.15, 0.2) is 0 Å². The first-order chi connectivity index (χ1) is 38.3. The largest absolute Gasteiger partial charge is 0.307 e. The smallest absolute Gasteiger partial charge is 0.0788 e. The van der Waals surface area contributed by atoms with Crippen LogP contribution in [0.3, 0.4) is 0 Å². The summed E-state index contributed by atoms with van der Waals surface area (Å²) in [6.45, 7) is 0. The topological polar surface area (TPSA) is 19.7 Å². The van der Waals surface area contributed by atoms with E-state index in [1.807, 2.05) is 0 Å². The molecule has 77 heavy (non-hydrogen) atoms. The van der Waals surface area contributed by atoms with Gasteiger partial charge < -0.3 is 18.3 Å². The van der Waals surface area contributed by atoms with Gasteiger partial charge in [-0.1, -0.05) is 194 Å². The number of hydrogen-bond acceptors (Lipinski definition) is 0. The average Bonchev–Trinajstić information content (AvgIpc) is 4.49. The summed E-state index contributed by atoms with van der Waals surface area (Å²) in [4.78, 5) is 0. The minimum absolute atomic E-state index is 0.677. The molecule has 1 aliphatic rings. The van der Waals surface area contributed by atoms with Gasteiger partial charge in [-0.15, -0.1) is 0 Å². The Morgan fingerprint density at radius 3 is 0.857 bits per heavy atom. The molecule has 0 unspecified atom stereocenters. The quantitative estimate of drug-likeness (QED) is 0.158. The number of aromatic nitrogens is 4. The van der Waals surface area contributed by atoms with Crippen molar-refractivity contribution in [3.63, 3.8) is 0 Å². The first-order valence-electron chi connectivity index (χ1n) is 26.7. The Hall–Kier alpha value is -10.2. The molecule has 0 aliphatic heterocycles. The molecule has 17 rings (SSSR count). The summed E-state index contributed by atoms with van der Waals surface area (Å²) >= 11 is 0. The number of nitrogens with zero attached hydrogens (tertiary/aromatic N) is 4. The van der Waals surface area contributed by atoms with Crippen molar-refractivity contribution in [2.24, 2.45) is 0 Å². The molecule has 0 fully saturated rings. The summed E-state index contributed by atoms with van der Waals surface area (Å²) in [6.07, 6.45) is 0. The Balaban J connectivity index is 1.01. The number of benzene rings is 12. The molecule has 4 nitrogen and oxygen atoms in total. The minimum atomic E-state index is -0.677. The van der Waals surface area contributed by atoms with Crippen molar-refractivity contribution in [2.45, 2.75) is 5.41 Å². The van der Waals surface area contributed by atoms with Gasteiger partial charge in [-0.25, -0.2) is 0 Å². The fraction of sp³-hybridized carbons (Fsp3) is 0.0137. The zero-order chi connectivity index (χ0) is 50.3. The number of para-hydroxylation sites is 6. The number of rotatable bonds is 6. The van der Waals surface area contributed by atoms with E-state index in [0.717, 1.165) is 22.7 Å². The van der Waals surface area contributed by atoms with E-state index in [1.165, 1.54) is 121 Å². The summed E-state index contributed by atoms with van der Waals surface area (Å²) in [5.41, 5.74) is 20.9. The van der Waals surface area contributed by atoms with Gasteiger partial charge in [-0.2, -0.15) is 0 Å². The second-order valence-electron chi connectivity index (χ2n) is 20.7. The second-order valence-corrected chi connectivity index (χ2v) is 20.7. The fourth-order valence-corrected chi connectivity index (χ4v) is 14.0. The van der Waals surface area contributed by atoms with Crippen LogP contribution in [0.2, 0.25) is 0 Å². The van der Waals surface area contributed by atoms with Gasteiger partial charge >= 0.3 is 0 Å². The van der Waals surface area contributed by atoms with E-state index in [4.69, 9.17) is 0 Å². The SMILES string of the molecule is c1ccc(-n2c3ccccc3c3ccc4c5cc(C6(c7ccc8c(c7)c7ccc9c%10ccccc%10n(-c%10ccccc%10)c9c7n8-c7ccccc7)c7ccccc7-c7ccccc76)ccc5n(-c5ccccc5)c4c32)cc1. The number of fused-ring (bicyclic) bond motifs is 17. The molecule has 4 heterocycles. The Kier molecular flexibility index (Phi) is 8.73. The molecule has 358 valence electrons. The van der Waals surface area contributed by atoms with Gasteiger partial charge in [0.25, 0.3) is 0 Å². The molecule has 0 saturated carbocycles. The highest BCUT2D eigenvalue weighted by Crippen LogP contribution is 2.58. The lowest BCUT2D eigenvalue weighted by atomic mass is 9.67. The van der Waals surface area contributed by atoms with Crippen molar-refractivity contribution in [3.8, 4) is 33.9 Å². The van der Waals surface area contributed by atoms with Crippen LogP contribution in [0, 0.1) is 0 Å². The first-order valence-corrected chi connectivity index (χ1v) is 26.7.